The minimum atomic E-state index is -4.14. The molecular formula is C35H46N4O8S. The lowest BCUT2D eigenvalue weighted by molar-refractivity contribution is -0.162. The Morgan fingerprint density at radius 3 is 2.29 bits per heavy atom. The minimum absolute atomic E-state index is 0.0278. The van der Waals surface area contributed by atoms with Crippen molar-refractivity contribution >= 4 is 39.6 Å². The molecule has 3 unspecified atom stereocenters. The zero-order chi connectivity index (χ0) is 34.6. The fourth-order valence-corrected chi connectivity index (χ4v) is 7.91. The molecule has 3 N–H and O–H groups in total. The van der Waals surface area contributed by atoms with Crippen LogP contribution in [0.2, 0.25) is 0 Å². The van der Waals surface area contributed by atoms with E-state index in [-0.39, 0.29) is 29.2 Å². The molecule has 0 aromatic heterocycles. The van der Waals surface area contributed by atoms with E-state index >= 15 is 0 Å². The first-order chi connectivity index (χ1) is 22.7. The predicted molar refractivity (Wildman–Crippen MR) is 178 cm³/mol. The number of carbonyl (C=O) groups is 4. The van der Waals surface area contributed by atoms with Gasteiger partial charge in [-0.15, -0.1) is 0 Å². The Balaban J connectivity index is 1.29. The predicted octanol–water partition coefficient (Wildman–Crippen LogP) is 4.21. The maximum absolute atomic E-state index is 13.6. The van der Waals surface area contributed by atoms with E-state index in [1.807, 2.05) is 6.92 Å². The highest BCUT2D eigenvalue weighted by molar-refractivity contribution is 7.89. The summed E-state index contributed by atoms with van der Waals surface area (Å²) in [5.41, 5.74) is 1.22. The molecule has 5 rings (SSSR count). The largest absolute Gasteiger partial charge is 0.444 e. The third kappa shape index (κ3) is 8.80. The number of hydrogen-bond acceptors (Lipinski definition) is 9. The van der Waals surface area contributed by atoms with Crippen molar-refractivity contribution in [3.63, 3.8) is 0 Å². The van der Waals surface area contributed by atoms with Crippen LogP contribution in [0.25, 0.3) is 0 Å². The molecule has 2 aromatic carbocycles. The number of rotatable bonds is 9. The van der Waals surface area contributed by atoms with Gasteiger partial charge in [0.1, 0.15) is 23.7 Å². The van der Waals surface area contributed by atoms with E-state index in [9.17, 15) is 27.6 Å². The highest BCUT2D eigenvalue weighted by Gasteiger charge is 2.48. The number of carbonyl (C=O) groups excluding carboxylic acids is 4. The summed E-state index contributed by atoms with van der Waals surface area (Å²) in [6.45, 7) is 7.87. The molecule has 0 spiro atoms. The SMILES string of the molecule is Cc1ccc(S(=O)(=O)N[C@@H](Cc2ccc(NC(=O)C3CC4CCCCC4N3C(=O)OC(C)(C)C)cc2)C(=O)OC(=O)[C@@H]2CCCN2)cc1. The molecule has 5 atom stereocenters. The van der Waals surface area contributed by atoms with Gasteiger partial charge in [-0.05, 0) is 109 Å². The average molecular weight is 683 g/mol. The second-order valence-electron chi connectivity index (χ2n) is 14.0. The van der Waals surface area contributed by atoms with Gasteiger partial charge in [-0.1, -0.05) is 42.7 Å². The molecule has 13 heteroatoms. The molecule has 48 heavy (non-hydrogen) atoms. The number of hydrogen-bond donors (Lipinski definition) is 3. The molecular weight excluding hydrogens is 636 g/mol. The number of nitrogens with zero attached hydrogens (tertiary/aromatic N) is 1. The van der Waals surface area contributed by atoms with Gasteiger partial charge in [0.05, 0.1) is 4.90 Å². The number of benzene rings is 2. The van der Waals surface area contributed by atoms with Gasteiger partial charge in [0.25, 0.3) is 0 Å². The lowest BCUT2D eigenvalue weighted by atomic mass is 9.85. The molecule has 3 aliphatic rings. The number of sulfonamides is 1. The molecule has 1 saturated carbocycles. The summed E-state index contributed by atoms with van der Waals surface area (Å²) in [4.78, 5) is 54.2. The number of fused-ring (bicyclic) bond motifs is 1. The van der Waals surface area contributed by atoms with E-state index in [2.05, 4.69) is 15.4 Å². The molecule has 12 nitrogen and oxygen atoms in total. The van der Waals surface area contributed by atoms with Gasteiger partial charge in [0.2, 0.25) is 15.9 Å². The van der Waals surface area contributed by atoms with Crippen molar-refractivity contribution in [2.45, 2.75) is 114 Å². The van der Waals surface area contributed by atoms with Gasteiger partial charge in [0, 0.05) is 11.7 Å². The summed E-state index contributed by atoms with van der Waals surface area (Å²) in [5.74, 6) is -1.83. The summed E-state index contributed by atoms with van der Waals surface area (Å²) in [6, 6.07) is 10.1. The van der Waals surface area contributed by atoms with Crippen molar-refractivity contribution in [2.24, 2.45) is 5.92 Å². The Labute approximate surface area is 282 Å². The third-order valence-electron chi connectivity index (χ3n) is 9.12. The maximum atomic E-state index is 13.6. The molecule has 2 amide bonds. The van der Waals surface area contributed by atoms with Crippen LogP contribution >= 0.6 is 0 Å². The Morgan fingerprint density at radius 1 is 0.958 bits per heavy atom. The first kappa shape index (κ1) is 35.5. The van der Waals surface area contributed by atoms with Crippen molar-refractivity contribution in [3.05, 3.63) is 59.7 Å². The molecule has 2 heterocycles. The van der Waals surface area contributed by atoms with Crippen LogP contribution in [0, 0.1) is 12.8 Å². The molecule has 0 bridgehead atoms. The normalized spacial score (nSPS) is 23.2. The van der Waals surface area contributed by atoms with E-state index in [4.69, 9.17) is 9.47 Å². The van der Waals surface area contributed by atoms with Crippen molar-refractivity contribution in [1.29, 1.82) is 0 Å². The minimum Gasteiger partial charge on any atom is -0.444 e. The van der Waals surface area contributed by atoms with Gasteiger partial charge in [-0.3, -0.25) is 9.69 Å². The summed E-state index contributed by atoms with van der Waals surface area (Å²) < 4.78 is 39.7. The van der Waals surface area contributed by atoms with Crippen LogP contribution in [0.1, 0.15) is 76.8 Å². The summed E-state index contributed by atoms with van der Waals surface area (Å²) in [7, 11) is -4.14. The Hall–Kier alpha value is -3.81. The van der Waals surface area contributed by atoms with Crippen LogP contribution in [0.5, 0.6) is 0 Å². The molecule has 2 aliphatic heterocycles. The molecule has 2 aromatic rings. The number of aryl methyl sites for hydroxylation is 1. The number of likely N-dealkylation sites (tertiary alicyclic amines) is 1. The third-order valence-corrected chi connectivity index (χ3v) is 10.6. The van der Waals surface area contributed by atoms with Crippen molar-refractivity contribution in [1.82, 2.24) is 14.9 Å². The second-order valence-corrected chi connectivity index (χ2v) is 15.7. The molecule has 3 fully saturated rings. The maximum Gasteiger partial charge on any atom is 0.411 e. The summed E-state index contributed by atoms with van der Waals surface area (Å²) in [6.07, 6.45) is 5.12. The Bertz CT molecular complexity index is 1600. The van der Waals surface area contributed by atoms with Crippen LogP contribution in [0.4, 0.5) is 10.5 Å². The van der Waals surface area contributed by atoms with Crippen molar-refractivity contribution in [3.8, 4) is 0 Å². The van der Waals surface area contributed by atoms with Crippen LogP contribution in [0.15, 0.2) is 53.4 Å². The van der Waals surface area contributed by atoms with Crippen molar-refractivity contribution in [2.75, 3.05) is 11.9 Å². The first-order valence-corrected chi connectivity index (χ1v) is 18.2. The standard InChI is InChI=1S/C35H46N4O8S/c1-22-11-17-26(18-12-22)48(44,45)38-28(33(42)46-32(41)27-9-7-19-36-27)20-23-13-15-25(16-14-23)37-31(40)30-21-24-8-5-6-10-29(24)39(30)34(43)47-35(2,3)4/h11-18,24,27-30,36,38H,5-10,19-21H2,1-4H3,(H,37,40)/t24?,27-,28-,29?,30?/m0/s1. The van der Waals surface area contributed by atoms with Crippen LogP contribution in [0.3, 0.4) is 0 Å². The zero-order valence-corrected chi connectivity index (χ0v) is 28.8. The van der Waals surface area contributed by atoms with Gasteiger partial charge < -0.3 is 20.1 Å². The van der Waals surface area contributed by atoms with Gasteiger partial charge in [-0.25, -0.2) is 22.8 Å². The number of esters is 2. The quantitative estimate of drug-likeness (QED) is 0.260. The van der Waals surface area contributed by atoms with E-state index in [1.165, 1.54) is 12.1 Å². The van der Waals surface area contributed by atoms with Crippen LogP contribution in [-0.4, -0.2) is 73.6 Å². The lowest BCUT2D eigenvalue weighted by Gasteiger charge is -2.34. The molecule has 0 radical (unpaired) electrons. The van der Waals surface area contributed by atoms with Crippen molar-refractivity contribution < 1.29 is 37.1 Å². The Morgan fingerprint density at radius 2 is 1.65 bits per heavy atom. The van der Waals surface area contributed by atoms with Crippen LogP contribution < -0.4 is 15.4 Å². The molecule has 2 saturated heterocycles. The van der Waals surface area contributed by atoms with Gasteiger partial charge in [0.15, 0.2) is 0 Å². The highest BCUT2D eigenvalue weighted by Crippen LogP contribution is 2.41. The molecule has 1 aliphatic carbocycles. The smallest absolute Gasteiger partial charge is 0.411 e. The zero-order valence-electron chi connectivity index (χ0n) is 28.0. The number of amides is 2. The summed E-state index contributed by atoms with van der Waals surface area (Å²) >= 11 is 0. The molecule has 260 valence electrons. The lowest BCUT2D eigenvalue weighted by Crippen LogP contribution is -2.49. The second kappa shape index (κ2) is 14.8. The fourth-order valence-electron chi connectivity index (χ4n) is 6.73. The number of nitrogens with one attached hydrogen (secondary N) is 3. The monoisotopic (exact) mass is 682 g/mol. The van der Waals surface area contributed by atoms with Crippen LogP contribution in [-0.2, 0) is 40.3 Å². The number of ether oxygens (including phenoxy) is 2. The van der Waals surface area contributed by atoms with Gasteiger partial charge in [-0.2, -0.15) is 4.72 Å². The van der Waals surface area contributed by atoms with E-state index in [0.717, 1.165) is 37.7 Å². The Kier molecular flexibility index (Phi) is 10.9. The highest BCUT2D eigenvalue weighted by atomic mass is 32.2. The topological polar surface area (TPSA) is 160 Å². The number of anilines is 1. The van der Waals surface area contributed by atoms with E-state index < -0.39 is 51.8 Å². The van der Waals surface area contributed by atoms with Gasteiger partial charge >= 0.3 is 18.0 Å². The average Bonchev–Trinajstić information content (AvgIpc) is 3.70. The fraction of sp³-hybridized carbons (Fsp3) is 0.543. The summed E-state index contributed by atoms with van der Waals surface area (Å²) in [5, 5.41) is 5.90. The van der Waals surface area contributed by atoms with E-state index in [0.29, 0.717) is 30.6 Å². The first-order valence-electron chi connectivity index (χ1n) is 16.7. The van der Waals surface area contributed by atoms with E-state index in [1.54, 1.807) is 62.1 Å².